The highest BCUT2D eigenvalue weighted by atomic mass is 79.9. The van der Waals surface area contributed by atoms with E-state index in [0.717, 1.165) is 32.5 Å². The monoisotopic (exact) mass is 400 g/mol. The number of aryl methyl sites for hydroxylation is 2. The molecular formula is C20H21BrN2O2. The molecule has 2 amide bonds. The first-order valence-electron chi connectivity index (χ1n) is 8.30. The minimum atomic E-state index is -0.338. The van der Waals surface area contributed by atoms with Crippen LogP contribution in [0.15, 0.2) is 40.9 Å². The summed E-state index contributed by atoms with van der Waals surface area (Å²) in [7, 11) is 0. The van der Waals surface area contributed by atoms with Gasteiger partial charge in [0.1, 0.15) is 0 Å². The molecule has 1 aliphatic heterocycles. The maximum atomic E-state index is 12.6. The third kappa shape index (κ3) is 3.61. The predicted octanol–water partition coefficient (Wildman–Crippen LogP) is 4.37. The Kier molecular flexibility index (Phi) is 4.95. The van der Waals surface area contributed by atoms with E-state index in [1.54, 1.807) is 4.90 Å². The van der Waals surface area contributed by atoms with Gasteiger partial charge in [0.15, 0.2) is 0 Å². The van der Waals surface area contributed by atoms with Gasteiger partial charge in [0.05, 0.1) is 5.92 Å². The summed E-state index contributed by atoms with van der Waals surface area (Å²) < 4.78 is 0.972. The molecule has 1 atom stereocenters. The van der Waals surface area contributed by atoms with E-state index in [1.165, 1.54) is 0 Å². The Morgan fingerprint density at radius 1 is 1.16 bits per heavy atom. The van der Waals surface area contributed by atoms with Gasteiger partial charge < -0.3 is 10.2 Å². The maximum Gasteiger partial charge on any atom is 0.229 e. The van der Waals surface area contributed by atoms with E-state index < -0.39 is 0 Å². The molecule has 5 heteroatoms. The van der Waals surface area contributed by atoms with E-state index in [4.69, 9.17) is 0 Å². The molecule has 25 heavy (non-hydrogen) atoms. The summed E-state index contributed by atoms with van der Waals surface area (Å²) in [5.41, 5.74) is 4.90. The molecule has 1 unspecified atom stereocenters. The van der Waals surface area contributed by atoms with E-state index >= 15 is 0 Å². The Morgan fingerprint density at radius 3 is 2.64 bits per heavy atom. The van der Waals surface area contributed by atoms with Gasteiger partial charge in [-0.2, -0.15) is 0 Å². The minimum Gasteiger partial charge on any atom is -0.326 e. The first-order valence-corrected chi connectivity index (χ1v) is 9.09. The van der Waals surface area contributed by atoms with Crippen molar-refractivity contribution in [2.45, 2.75) is 27.2 Å². The fourth-order valence-corrected chi connectivity index (χ4v) is 3.62. The van der Waals surface area contributed by atoms with Crippen LogP contribution in [-0.4, -0.2) is 18.4 Å². The molecule has 0 saturated carbocycles. The summed E-state index contributed by atoms with van der Waals surface area (Å²) in [4.78, 5) is 26.8. The Bertz CT molecular complexity index is 848. The molecule has 1 saturated heterocycles. The number of nitrogens with one attached hydrogen (secondary N) is 1. The van der Waals surface area contributed by atoms with Crippen LogP contribution in [0.5, 0.6) is 0 Å². The van der Waals surface area contributed by atoms with Crippen molar-refractivity contribution in [2.24, 2.45) is 5.92 Å². The zero-order valence-corrected chi connectivity index (χ0v) is 16.2. The lowest BCUT2D eigenvalue weighted by atomic mass is 10.1. The van der Waals surface area contributed by atoms with E-state index in [9.17, 15) is 9.59 Å². The van der Waals surface area contributed by atoms with Crippen molar-refractivity contribution in [2.75, 3.05) is 16.8 Å². The number of carbonyl (C=O) groups is 2. The molecule has 0 aliphatic carbocycles. The highest BCUT2D eigenvalue weighted by Gasteiger charge is 2.35. The van der Waals surface area contributed by atoms with Gasteiger partial charge in [-0.15, -0.1) is 0 Å². The average molecular weight is 401 g/mol. The lowest BCUT2D eigenvalue weighted by Crippen LogP contribution is -2.28. The van der Waals surface area contributed by atoms with Crippen molar-refractivity contribution in [3.8, 4) is 0 Å². The number of halogens is 1. The highest BCUT2D eigenvalue weighted by molar-refractivity contribution is 9.10. The summed E-state index contributed by atoms with van der Waals surface area (Å²) >= 11 is 3.42. The number of amides is 2. The largest absolute Gasteiger partial charge is 0.326 e. The number of nitrogens with zero attached hydrogens (tertiary/aromatic N) is 1. The molecule has 1 heterocycles. The number of hydrogen-bond acceptors (Lipinski definition) is 2. The Balaban J connectivity index is 1.75. The first-order chi connectivity index (χ1) is 11.9. The van der Waals surface area contributed by atoms with E-state index in [-0.39, 0.29) is 24.2 Å². The lowest BCUT2D eigenvalue weighted by molar-refractivity contribution is -0.122. The molecule has 0 spiro atoms. The zero-order valence-electron chi connectivity index (χ0n) is 14.6. The van der Waals surface area contributed by atoms with Gasteiger partial charge in [-0.1, -0.05) is 28.1 Å². The van der Waals surface area contributed by atoms with Crippen molar-refractivity contribution >= 4 is 39.1 Å². The van der Waals surface area contributed by atoms with Crippen LogP contribution in [0.3, 0.4) is 0 Å². The normalized spacial score (nSPS) is 17.0. The third-order valence-electron chi connectivity index (χ3n) is 4.81. The van der Waals surface area contributed by atoms with Gasteiger partial charge in [-0.05, 0) is 61.7 Å². The van der Waals surface area contributed by atoms with Gasteiger partial charge in [0.2, 0.25) is 11.8 Å². The number of anilines is 2. The van der Waals surface area contributed by atoms with Crippen molar-refractivity contribution in [3.63, 3.8) is 0 Å². The quantitative estimate of drug-likeness (QED) is 0.831. The van der Waals surface area contributed by atoms with Gasteiger partial charge >= 0.3 is 0 Å². The molecule has 130 valence electrons. The van der Waals surface area contributed by atoms with E-state index in [1.807, 2.05) is 57.2 Å². The second-order valence-electron chi connectivity index (χ2n) is 6.57. The summed E-state index contributed by atoms with van der Waals surface area (Å²) in [6.45, 7) is 6.41. The van der Waals surface area contributed by atoms with E-state index in [2.05, 4.69) is 21.2 Å². The Hall–Kier alpha value is -2.14. The fraction of sp³-hybridized carbons (Fsp3) is 0.300. The van der Waals surface area contributed by atoms with E-state index in [0.29, 0.717) is 6.54 Å². The molecular weight excluding hydrogens is 380 g/mol. The molecule has 4 nitrogen and oxygen atoms in total. The number of rotatable bonds is 3. The minimum absolute atomic E-state index is 0.00128. The van der Waals surface area contributed by atoms with Crippen LogP contribution in [0, 0.1) is 26.7 Å². The third-order valence-corrected chi connectivity index (χ3v) is 5.30. The molecule has 0 aromatic heterocycles. The molecule has 0 radical (unpaired) electrons. The van der Waals surface area contributed by atoms with Gasteiger partial charge in [0, 0.05) is 28.8 Å². The summed E-state index contributed by atoms with van der Waals surface area (Å²) in [5, 5.41) is 2.96. The standard InChI is InChI=1S/C20H21BrN2O2/c1-12-5-4-6-18(14(12)3)23-11-15(10-19(23)24)20(25)22-17-8-7-16(21)9-13(17)2/h4-9,15H,10-11H2,1-3H3,(H,22,25). The number of hydrogen-bond donors (Lipinski definition) is 1. The molecule has 1 aliphatic rings. The van der Waals surface area contributed by atoms with Crippen LogP contribution in [0.4, 0.5) is 11.4 Å². The second kappa shape index (κ2) is 7.00. The van der Waals surface area contributed by atoms with Crippen molar-refractivity contribution in [1.82, 2.24) is 0 Å². The van der Waals surface area contributed by atoms with Crippen LogP contribution in [0.2, 0.25) is 0 Å². The Morgan fingerprint density at radius 2 is 1.92 bits per heavy atom. The van der Waals surface area contributed by atoms with Crippen molar-refractivity contribution in [1.29, 1.82) is 0 Å². The molecule has 2 aromatic carbocycles. The number of benzene rings is 2. The van der Waals surface area contributed by atoms with Crippen LogP contribution in [-0.2, 0) is 9.59 Å². The molecule has 1 fully saturated rings. The predicted molar refractivity (Wildman–Crippen MR) is 104 cm³/mol. The summed E-state index contributed by atoms with van der Waals surface area (Å²) in [6.07, 6.45) is 0.245. The van der Waals surface area contributed by atoms with Crippen LogP contribution < -0.4 is 10.2 Å². The second-order valence-corrected chi connectivity index (χ2v) is 7.49. The number of carbonyl (C=O) groups excluding carboxylic acids is 2. The summed E-state index contributed by atoms with van der Waals surface area (Å²) in [6, 6.07) is 11.6. The topological polar surface area (TPSA) is 49.4 Å². The van der Waals surface area contributed by atoms with Gasteiger partial charge in [-0.25, -0.2) is 0 Å². The molecule has 3 rings (SSSR count). The average Bonchev–Trinajstić information content (AvgIpc) is 2.94. The van der Waals surface area contributed by atoms with Crippen LogP contribution >= 0.6 is 15.9 Å². The molecule has 0 bridgehead atoms. The SMILES string of the molecule is Cc1cc(Br)ccc1NC(=O)C1CC(=O)N(c2cccc(C)c2C)C1. The van der Waals surface area contributed by atoms with Crippen LogP contribution in [0.1, 0.15) is 23.1 Å². The van der Waals surface area contributed by atoms with Crippen molar-refractivity contribution < 1.29 is 9.59 Å². The lowest BCUT2D eigenvalue weighted by Gasteiger charge is -2.20. The fourth-order valence-electron chi connectivity index (χ4n) is 3.15. The van der Waals surface area contributed by atoms with Gasteiger partial charge in [0.25, 0.3) is 0 Å². The summed E-state index contributed by atoms with van der Waals surface area (Å²) in [5.74, 6) is -0.441. The molecule has 2 aromatic rings. The first kappa shape index (κ1) is 17.7. The smallest absolute Gasteiger partial charge is 0.229 e. The van der Waals surface area contributed by atoms with Gasteiger partial charge in [-0.3, -0.25) is 9.59 Å². The Labute approximate surface area is 156 Å². The highest BCUT2D eigenvalue weighted by Crippen LogP contribution is 2.30. The molecule has 1 N–H and O–H groups in total. The van der Waals surface area contributed by atoms with Crippen LogP contribution in [0.25, 0.3) is 0 Å². The van der Waals surface area contributed by atoms with Crippen molar-refractivity contribution in [3.05, 3.63) is 57.6 Å². The maximum absolute atomic E-state index is 12.6. The zero-order chi connectivity index (χ0) is 18.1.